The SMILES string of the molecule is CC[C@@H](CSCCN(C)C(=O)OC(C)(C)C)C(=O)O. The second-order valence-corrected chi connectivity index (χ2v) is 6.57. The maximum Gasteiger partial charge on any atom is 0.410 e. The summed E-state index contributed by atoms with van der Waals surface area (Å²) < 4.78 is 5.22. The van der Waals surface area contributed by atoms with Crippen molar-refractivity contribution in [1.29, 1.82) is 0 Å². The number of carboxylic acid groups (broad SMARTS) is 1. The van der Waals surface area contributed by atoms with E-state index in [1.54, 1.807) is 18.8 Å². The Labute approximate surface area is 119 Å². The minimum Gasteiger partial charge on any atom is -0.481 e. The molecule has 0 rings (SSSR count). The van der Waals surface area contributed by atoms with Crippen LogP contribution in [0.3, 0.4) is 0 Å². The van der Waals surface area contributed by atoms with Gasteiger partial charge in [-0.1, -0.05) is 6.92 Å². The smallest absolute Gasteiger partial charge is 0.410 e. The molecule has 0 heterocycles. The Morgan fingerprint density at radius 1 is 1.37 bits per heavy atom. The number of ether oxygens (including phenoxy) is 1. The number of rotatable bonds is 7. The summed E-state index contributed by atoms with van der Waals surface area (Å²) in [5.74, 6) is 0.223. The normalized spacial score (nSPS) is 12.9. The van der Waals surface area contributed by atoms with E-state index in [4.69, 9.17) is 9.84 Å². The number of carboxylic acids is 1. The van der Waals surface area contributed by atoms with Crippen molar-refractivity contribution in [3.05, 3.63) is 0 Å². The Morgan fingerprint density at radius 2 is 1.95 bits per heavy atom. The molecule has 0 aromatic rings. The first-order valence-corrected chi connectivity index (χ1v) is 7.57. The van der Waals surface area contributed by atoms with Gasteiger partial charge in [-0.25, -0.2) is 4.79 Å². The second-order valence-electron chi connectivity index (χ2n) is 5.42. The van der Waals surface area contributed by atoms with Gasteiger partial charge < -0.3 is 14.7 Å². The van der Waals surface area contributed by atoms with Crippen molar-refractivity contribution in [2.75, 3.05) is 25.1 Å². The highest BCUT2D eigenvalue weighted by molar-refractivity contribution is 7.99. The van der Waals surface area contributed by atoms with Crippen LogP contribution in [0.1, 0.15) is 34.1 Å². The molecule has 0 spiro atoms. The van der Waals surface area contributed by atoms with Gasteiger partial charge in [-0.2, -0.15) is 11.8 Å². The number of carbonyl (C=O) groups is 2. The number of nitrogens with zero attached hydrogens (tertiary/aromatic N) is 1. The van der Waals surface area contributed by atoms with Crippen molar-refractivity contribution in [2.24, 2.45) is 5.92 Å². The lowest BCUT2D eigenvalue weighted by Gasteiger charge is -2.24. The fraction of sp³-hybridized carbons (Fsp3) is 0.846. The quantitative estimate of drug-likeness (QED) is 0.730. The zero-order valence-electron chi connectivity index (χ0n) is 12.4. The first kappa shape index (κ1) is 18.1. The molecule has 0 saturated carbocycles. The molecule has 0 fully saturated rings. The summed E-state index contributed by atoms with van der Waals surface area (Å²) in [6, 6.07) is 0. The number of aliphatic carboxylic acids is 1. The summed E-state index contributed by atoms with van der Waals surface area (Å²) in [5.41, 5.74) is -0.491. The number of amides is 1. The highest BCUT2D eigenvalue weighted by Gasteiger charge is 2.19. The predicted octanol–water partition coefficient (Wildman–Crippen LogP) is 2.70. The number of hydrogen-bond donors (Lipinski definition) is 1. The first-order chi connectivity index (χ1) is 8.67. The molecule has 0 saturated heterocycles. The number of hydrogen-bond acceptors (Lipinski definition) is 4. The number of thioether (sulfide) groups is 1. The summed E-state index contributed by atoms with van der Waals surface area (Å²) in [6.45, 7) is 7.90. The molecule has 0 bridgehead atoms. The van der Waals surface area contributed by atoms with Crippen LogP contribution >= 0.6 is 11.8 Å². The molecule has 0 aliphatic rings. The van der Waals surface area contributed by atoms with Gasteiger partial charge in [0.15, 0.2) is 0 Å². The molecule has 0 aromatic carbocycles. The van der Waals surface area contributed by atoms with Crippen LogP contribution in [0.2, 0.25) is 0 Å². The van der Waals surface area contributed by atoms with Gasteiger partial charge >= 0.3 is 12.1 Å². The molecular formula is C13H25NO4S. The Hall–Kier alpha value is -0.910. The zero-order chi connectivity index (χ0) is 15.1. The largest absolute Gasteiger partial charge is 0.481 e. The van der Waals surface area contributed by atoms with E-state index >= 15 is 0 Å². The zero-order valence-corrected chi connectivity index (χ0v) is 13.2. The maximum absolute atomic E-state index is 11.7. The first-order valence-electron chi connectivity index (χ1n) is 6.42. The van der Waals surface area contributed by atoms with Crippen LogP contribution in [0.15, 0.2) is 0 Å². The summed E-state index contributed by atoms with van der Waals surface area (Å²) >= 11 is 1.55. The van der Waals surface area contributed by atoms with Crippen LogP contribution in [-0.2, 0) is 9.53 Å². The Morgan fingerprint density at radius 3 is 2.37 bits per heavy atom. The molecule has 0 aromatic heterocycles. The van der Waals surface area contributed by atoms with Crippen molar-refractivity contribution in [3.63, 3.8) is 0 Å². The van der Waals surface area contributed by atoms with Crippen molar-refractivity contribution in [1.82, 2.24) is 4.90 Å². The average molecular weight is 291 g/mol. The minimum atomic E-state index is -0.754. The molecule has 5 nitrogen and oxygen atoms in total. The van der Waals surface area contributed by atoms with Crippen LogP contribution in [0, 0.1) is 5.92 Å². The monoisotopic (exact) mass is 291 g/mol. The van der Waals surface area contributed by atoms with E-state index in [0.717, 1.165) is 0 Å². The maximum atomic E-state index is 11.7. The third-order valence-corrected chi connectivity index (χ3v) is 3.55. The van der Waals surface area contributed by atoms with E-state index in [1.807, 2.05) is 27.7 Å². The molecule has 0 radical (unpaired) electrons. The molecule has 0 aliphatic heterocycles. The van der Waals surface area contributed by atoms with Crippen LogP contribution in [0.4, 0.5) is 4.79 Å². The van der Waals surface area contributed by atoms with Crippen LogP contribution in [0.25, 0.3) is 0 Å². The lowest BCUT2D eigenvalue weighted by molar-refractivity contribution is -0.140. The molecular weight excluding hydrogens is 266 g/mol. The summed E-state index contributed by atoms with van der Waals surface area (Å²) in [6.07, 6.45) is 0.280. The van der Waals surface area contributed by atoms with Crippen molar-refractivity contribution >= 4 is 23.8 Å². The van der Waals surface area contributed by atoms with Gasteiger partial charge in [0, 0.05) is 25.1 Å². The molecule has 0 aliphatic carbocycles. The van der Waals surface area contributed by atoms with E-state index in [2.05, 4.69) is 0 Å². The van der Waals surface area contributed by atoms with Crippen LogP contribution in [0.5, 0.6) is 0 Å². The van der Waals surface area contributed by atoms with Gasteiger partial charge in [0.05, 0.1) is 5.92 Å². The Kier molecular flexibility index (Phi) is 7.90. The van der Waals surface area contributed by atoms with Gasteiger partial charge in [-0.15, -0.1) is 0 Å². The van der Waals surface area contributed by atoms with Crippen LogP contribution < -0.4 is 0 Å². The van der Waals surface area contributed by atoms with Gasteiger partial charge in [0.25, 0.3) is 0 Å². The summed E-state index contributed by atoms with van der Waals surface area (Å²) in [7, 11) is 1.68. The Balaban J connectivity index is 3.89. The lowest BCUT2D eigenvalue weighted by atomic mass is 10.1. The molecule has 1 atom stereocenters. The second kappa shape index (κ2) is 8.30. The van der Waals surface area contributed by atoms with Gasteiger partial charge in [0.1, 0.15) is 5.60 Å². The third-order valence-electron chi connectivity index (χ3n) is 2.44. The molecule has 19 heavy (non-hydrogen) atoms. The van der Waals surface area contributed by atoms with E-state index in [9.17, 15) is 9.59 Å². The molecule has 1 amide bonds. The molecule has 112 valence electrons. The highest BCUT2D eigenvalue weighted by atomic mass is 32.2. The standard InChI is InChI=1S/C13H25NO4S/c1-6-10(11(15)16)9-19-8-7-14(5)12(17)18-13(2,3)4/h10H,6-9H2,1-5H3,(H,15,16)/t10-/m0/s1. The molecule has 0 unspecified atom stereocenters. The van der Waals surface area contributed by atoms with E-state index in [-0.39, 0.29) is 12.0 Å². The molecule has 6 heteroatoms. The van der Waals surface area contributed by atoms with Gasteiger partial charge in [-0.3, -0.25) is 4.79 Å². The van der Waals surface area contributed by atoms with E-state index in [0.29, 0.717) is 24.5 Å². The fourth-order valence-electron chi connectivity index (χ4n) is 1.22. The van der Waals surface area contributed by atoms with Gasteiger partial charge in [-0.05, 0) is 27.2 Å². The molecule has 1 N–H and O–H groups in total. The van der Waals surface area contributed by atoms with Crippen molar-refractivity contribution in [3.8, 4) is 0 Å². The minimum absolute atomic E-state index is 0.308. The lowest BCUT2D eigenvalue weighted by Crippen LogP contribution is -2.35. The van der Waals surface area contributed by atoms with Crippen molar-refractivity contribution < 1.29 is 19.4 Å². The Bertz CT molecular complexity index is 302. The van der Waals surface area contributed by atoms with Gasteiger partial charge in [0.2, 0.25) is 0 Å². The highest BCUT2D eigenvalue weighted by Crippen LogP contribution is 2.13. The fourth-order valence-corrected chi connectivity index (χ4v) is 2.45. The summed E-state index contributed by atoms with van der Waals surface area (Å²) in [5, 5.41) is 8.90. The average Bonchev–Trinajstić information content (AvgIpc) is 2.25. The third kappa shape index (κ3) is 8.75. The van der Waals surface area contributed by atoms with Crippen molar-refractivity contribution in [2.45, 2.75) is 39.7 Å². The summed E-state index contributed by atoms with van der Waals surface area (Å²) in [4.78, 5) is 24.0. The van der Waals surface area contributed by atoms with Crippen LogP contribution in [-0.4, -0.2) is 52.8 Å². The number of carbonyl (C=O) groups excluding carboxylic acids is 1. The predicted molar refractivity (Wildman–Crippen MR) is 77.6 cm³/mol. The topological polar surface area (TPSA) is 66.8 Å². The van der Waals surface area contributed by atoms with E-state index in [1.165, 1.54) is 4.90 Å². The van der Waals surface area contributed by atoms with E-state index < -0.39 is 11.6 Å².